The van der Waals surface area contributed by atoms with Crippen molar-refractivity contribution in [2.24, 2.45) is 5.92 Å². The third-order valence-corrected chi connectivity index (χ3v) is 2.59. The smallest absolute Gasteiger partial charge is 0.0221 e. The molecule has 0 saturated carbocycles. The lowest BCUT2D eigenvalue weighted by molar-refractivity contribution is 0.430. The van der Waals surface area contributed by atoms with E-state index in [4.69, 9.17) is 0 Å². The summed E-state index contributed by atoms with van der Waals surface area (Å²) < 4.78 is 0. The zero-order valence-corrected chi connectivity index (χ0v) is 9.88. The van der Waals surface area contributed by atoms with E-state index >= 15 is 0 Å². The van der Waals surface area contributed by atoms with Crippen molar-refractivity contribution >= 4 is 0 Å². The van der Waals surface area contributed by atoms with E-state index in [0.717, 1.165) is 0 Å². The third kappa shape index (κ3) is 4.43. The third-order valence-electron chi connectivity index (χ3n) is 2.59. The molecule has 0 bridgehead atoms. The van der Waals surface area contributed by atoms with Crippen molar-refractivity contribution in [2.75, 3.05) is 0 Å². The van der Waals surface area contributed by atoms with Crippen LogP contribution in [0.2, 0.25) is 0 Å². The van der Waals surface area contributed by atoms with Crippen LogP contribution in [0.3, 0.4) is 0 Å². The van der Waals surface area contributed by atoms with Gasteiger partial charge in [-0.2, -0.15) is 0 Å². The molecule has 0 aromatic heterocycles. The monoisotopic (exact) mass is 193 g/mol. The summed E-state index contributed by atoms with van der Waals surface area (Å²) in [6.45, 7) is 16.3. The van der Waals surface area contributed by atoms with Gasteiger partial charge in [-0.25, -0.2) is 0 Å². The molecule has 1 heteroatoms. The van der Waals surface area contributed by atoms with Gasteiger partial charge in [-0.3, -0.25) is 0 Å². The Bertz CT molecular complexity index is 215. The summed E-state index contributed by atoms with van der Waals surface area (Å²) >= 11 is 0. The highest BCUT2D eigenvalue weighted by atomic mass is 14.9. The fourth-order valence-electron chi connectivity index (χ4n) is 1.31. The topological polar surface area (TPSA) is 12.0 Å². The molecule has 0 aromatic carbocycles. The first kappa shape index (κ1) is 13.2. The predicted molar refractivity (Wildman–Crippen MR) is 65.4 cm³/mol. The van der Waals surface area contributed by atoms with Crippen molar-refractivity contribution in [1.29, 1.82) is 0 Å². The quantitative estimate of drug-likeness (QED) is 0.504. The Morgan fingerprint density at radius 3 is 2.29 bits per heavy atom. The van der Waals surface area contributed by atoms with Crippen LogP contribution in [0, 0.1) is 5.92 Å². The van der Waals surface area contributed by atoms with Crippen LogP contribution < -0.4 is 5.32 Å². The largest absolute Gasteiger partial charge is 0.308 e. The van der Waals surface area contributed by atoms with Gasteiger partial charge < -0.3 is 5.32 Å². The zero-order valence-electron chi connectivity index (χ0n) is 9.88. The van der Waals surface area contributed by atoms with Crippen LogP contribution in [0.1, 0.15) is 27.7 Å². The minimum atomic E-state index is 0.353. The highest BCUT2D eigenvalue weighted by Crippen LogP contribution is 2.14. The van der Waals surface area contributed by atoms with Gasteiger partial charge in [0.2, 0.25) is 0 Å². The Balaban J connectivity index is 4.17. The summed E-state index contributed by atoms with van der Waals surface area (Å²) in [5.41, 5.74) is 1.17. The molecule has 80 valence electrons. The highest BCUT2D eigenvalue weighted by Gasteiger charge is 2.14. The van der Waals surface area contributed by atoms with Gasteiger partial charge in [-0.15, -0.1) is 6.58 Å². The molecule has 0 aliphatic carbocycles. The molecule has 1 N–H and O–H groups in total. The number of rotatable bonds is 6. The SMILES string of the molecule is C=C[C@@H](C)NC(C)C(C)C(=C)/C=C\C. The minimum Gasteiger partial charge on any atom is -0.308 e. The van der Waals surface area contributed by atoms with Crippen LogP contribution >= 0.6 is 0 Å². The van der Waals surface area contributed by atoms with Crippen molar-refractivity contribution in [2.45, 2.75) is 39.8 Å². The van der Waals surface area contributed by atoms with Crippen molar-refractivity contribution in [3.05, 3.63) is 37.0 Å². The maximum atomic E-state index is 4.05. The molecule has 0 aliphatic rings. The average Bonchev–Trinajstić information content (AvgIpc) is 2.16. The first-order valence-corrected chi connectivity index (χ1v) is 5.23. The Morgan fingerprint density at radius 2 is 1.86 bits per heavy atom. The number of hydrogen-bond acceptors (Lipinski definition) is 1. The molecule has 0 heterocycles. The Hall–Kier alpha value is -0.820. The van der Waals surface area contributed by atoms with E-state index in [-0.39, 0.29) is 0 Å². The molecule has 3 atom stereocenters. The fraction of sp³-hybridized carbons (Fsp3) is 0.538. The second-order valence-corrected chi connectivity index (χ2v) is 3.84. The van der Waals surface area contributed by atoms with Gasteiger partial charge in [-0.05, 0) is 26.7 Å². The lowest BCUT2D eigenvalue weighted by Gasteiger charge is -2.24. The minimum absolute atomic E-state index is 0.353. The van der Waals surface area contributed by atoms with E-state index in [9.17, 15) is 0 Å². The average molecular weight is 193 g/mol. The second kappa shape index (κ2) is 6.61. The van der Waals surface area contributed by atoms with Gasteiger partial charge in [0, 0.05) is 12.1 Å². The number of allylic oxidation sites excluding steroid dienone is 2. The van der Waals surface area contributed by atoms with Gasteiger partial charge in [0.25, 0.3) is 0 Å². The van der Waals surface area contributed by atoms with Gasteiger partial charge in [0.15, 0.2) is 0 Å². The Labute approximate surface area is 88.6 Å². The summed E-state index contributed by atoms with van der Waals surface area (Å²) in [6, 6.07) is 0.776. The van der Waals surface area contributed by atoms with E-state index in [1.165, 1.54) is 5.57 Å². The van der Waals surface area contributed by atoms with Gasteiger partial charge >= 0.3 is 0 Å². The first-order chi connectivity index (χ1) is 6.52. The lowest BCUT2D eigenvalue weighted by Crippen LogP contribution is -2.37. The maximum absolute atomic E-state index is 4.05. The first-order valence-electron chi connectivity index (χ1n) is 5.23. The zero-order chi connectivity index (χ0) is 11.1. The van der Waals surface area contributed by atoms with Gasteiger partial charge in [0.05, 0.1) is 0 Å². The second-order valence-electron chi connectivity index (χ2n) is 3.84. The summed E-state index contributed by atoms with van der Waals surface area (Å²) in [6.07, 6.45) is 6.02. The molecule has 0 rings (SSSR count). The van der Waals surface area contributed by atoms with E-state index in [1.807, 2.05) is 19.1 Å². The summed E-state index contributed by atoms with van der Waals surface area (Å²) in [7, 11) is 0. The molecule has 0 radical (unpaired) electrons. The molecule has 0 amide bonds. The predicted octanol–water partition coefficient (Wildman–Crippen LogP) is 3.31. The van der Waals surface area contributed by atoms with Crippen molar-refractivity contribution in [3.63, 3.8) is 0 Å². The Morgan fingerprint density at radius 1 is 1.29 bits per heavy atom. The van der Waals surface area contributed by atoms with Crippen LogP contribution in [0.4, 0.5) is 0 Å². The molecule has 0 aliphatic heterocycles. The van der Waals surface area contributed by atoms with Crippen molar-refractivity contribution in [3.8, 4) is 0 Å². The normalized spacial score (nSPS) is 17.7. The maximum Gasteiger partial charge on any atom is 0.0221 e. The van der Waals surface area contributed by atoms with E-state index in [0.29, 0.717) is 18.0 Å². The van der Waals surface area contributed by atoms with Gasteiger partial charge in [-0.1, -0.05) is 37.3 Å². The molecular weight excluding hydrogens is 170 g/mol. The van der Waals surface area contributed by atoms with Crippen LogP contribution in [-0.4, -0.2) is 12.1 Å². The van der Waals surface area contributed by atoms with Crippen molar-refractivity contribution in [1.82, 2.24) is 5.32 Å². The van der Waals surface area contributed by atoms with E-state index in [1.54, 1.807) is 0 Å². The summed E-state index contributed by atoms with van der Waals surface area (Å²) in [5.74, 6) is 0.452. The standard InChI is InChI=1S/C13H23N/c1-7-9-10(3)12(5)13(6)14-11(4)8-2/h7-9,11-14H,2-3H2,1,4-6H3/b9-7-/t11-,12?,13?/m1/s1. The molecule has 0 aromatic rings. The fourth-order valence-corrected chi connectivity index (χ4v) is 1.31. The van der Waals surface area contributed by atoms with Crippen LogP contribution in [-0.2, 0) is 0 Å². The lowest BCUT2D eigenvalue weighted by atomic mass is 9.94. The molecule has 0 saturated heterocycles. The number of hydrogen-bond donors (Lipinski definition) is 1. The van der Waals surface area contributed by atoms with E-state index < -0.39 is 0 Å². The summed E-state index contributed by atoms with van der Waals surface area (Å²) in [5, 5.41) is 3.46. The van der Waals surface area contributed by atoms with Crippen LogP contribution in [0.25, 0.3) is 0 Å². The molecule has 0 fully saturated rings. The number of nitrogens with one attached hydrogen (secondary N) is 1. The molecule has 14 heavy (non-hydrogen) atoms. The molecule has 2 unspecified atom stereocenters. The summed E-state index contributed by atoms with van der Waals surface area (Å²) in [4.78, 5) is 0. The van der Waals surface area contributed by atoms with Crippen LogP contribution in [0.15, 0.2) is 37.0 Å². The molecule has 0 spiro atoms. The van der Waals surface area contributed by atoms with Gasteiger partial charge in [0.1, 0.15) is 0 Å². The highest BCUT2D eigenvalue weighted by molar-refractivity contribution is 5.18. The van der Waals surface area contributed by atoms with Crippen LogP contribution in [0.5, 0.6) is 0 Å². The van der Waals surface area contributed by atoms with E-state index in [2.05, 4.69) is 45.3 Å². The van der Waals surface area contributed by atoms with Crippen molar-refractivity contribution < 1.29 is 0 Å². The Kier molecular flexibility index (Phi) is 6.22. The molecular formula is C13H23N. The molecule has 1 nitrogen and oxygen atoms in total.